The van der Waals surface area contributed by atoms with E-state index in [9.17, 15) is 18.0 Å². The molecule has 0 radical (unpaired) electrons. The van der Waals surface area contributed by atoms with E-state index in [0.29, 0.717) is 24.2 Å². The van der Waals surface area contributed by atoms with Crippen molar-refractivity contribution in [1.29, 1.82) is 0 Å². The SMILES string of the molecule is CCCCCCCC(C)(OC(=O)C(C)(CC)C(F)(F)F)C12CC3CC(CC(C3)C1)C2. The van der Waals surface area contributed by atoms with Crippen molar-refractivity contribution in [3.05, 3.63) is 0 Å². The fourth-order valence-electron chi connectivity index (χ4n) is 7.03. The second kappa shape index (κ2) is 8.65. The molecule has 4 bridgehead atoms. The Morgan fingerprint density at radius 3 is 1.83 bits per heavy atom. The van der Waals surface area contributed by atoms with E-state index in [1.165, 1.54) is 32.6 Å². The van der Waals surface area contributed by atoms with Gasteiger partial charge < -0.3 is 4.74 Å². The van der Waals surface area contributed by atoms with Crippen LogP contribution in [0.25, 0.3) is 0 Å². The van der Waals surface area contributed by atoms with Crippen LogP contribution in [0.2, 0.25) is 0 Å². The third-order valence-corrected chi connectivity index (χ3v) is 9.02. The highest BCUT2D eigenvalue weighted by Crippen LogP contribution is 2.65. The zero-order valence-electron chi connectivity index (χ0n) is 19.4. The van der Waals surface area contributed by atoms with Gasteiger partial charge in [0.15, 0.2) is 5.41 Å². The number of alkyl halides is 3. The molecule has 5 heteroatoms. The lowest BCUT2D eigenvalue weighted by Gasteiger charge is -2.62. The molecular weight excluding hydrogens is 389 g/mol. The van der Waals surface area contributed by atoms with E-state index in [1.54, 1.807) is 0 Å². The number of halogens is 3. The Hall–Kier alpha value is -0.740. The van der Waals surface area contributed by atoms with Crippen molar-refractivity contribution in [2.24, 2.45) is 28.6 Å². The smallest absolute Gasteiger partial charge is 0.404 e. The van der Waals surface area contributed by atoms with Crippen LogP contribution in [0.3, 0.4) is 0 Å². The Labute approximate surface area is 180 Å². The molecule has 4 aliphatic rings. The van der Waals surface area contributed by atoms with Crippen LogP contribution in [-0.4, -0.2) is 17.7 Å². The zero-order chi connectivity index (χ0) is 22.2. The molecule has 0 aromatic carbocycles. The summed E-state index contributed by atoms with van der Waals surface area (Å²) in [5, 5.41) is 0. The monoisotopic (exact) mass is 430 g/mol. The van der Waals surface area contributed by atoms with Crippen LogP contribution < -0.4 is 0 Å². The average molecular weight is 431 g/mol. The number of hydrogen-bond acceptors (Lipinski definition) is 2. The van der Waals surface area contributed by atoms with Gasteiger partial charge in [0, 0.05) is 5.41 Å². The minimum Gasteiger partial charge on any atom is -0.458 e. The molecule has 0 amide bonds. The van der Waals surface area contributed by atoms with Crippen LogP contribution in [0.5, 0.6) is 0 Å². The molecule has 0 spiro atoms. The molecule has 4 aliphatic carbocycles. The van der Waals surface area contributed by atoms with Gasteiger partial charge >= 0.3 is 12.1 Å². The molecule has 0 aromatic heterocycles. The first kappa shape index (κ1) is 23.9. The van der Waals surface area contributed by atoms with Gasteiger partial charge in [0.2, 0.25) is 0 Å². The lowest BCUT2D eigenvalue weighted by atomic mass is 9.45. The van der Waals surface area contributed by atoms with E-state index >= 15 is 0 Å². The summed E-state index contributed by atoms with van der Waals surface area (Å²) in [6.45, 7) is 6.59. The maximum atomic E-state index is 13.8. The van der Waals surface area contributed by atoms with Crippen molar-refractivity contribution in [2.75, 3.05) is 0 Å². The quantitative estimate of drug-likeness (QED) is 0.261. The van der Waals surface area contributed by atoms with Crippen LogP contribution in [0.4, 0.5) is 13.2 Å². The Kier molecular flexibility index (Phi) is 6.90. The van der Waals surface area contributed by atoms with Crippen LogP contribution in [0, 0.1) is 28.6 Å². The van der Waals surface area contributed by atoms with E-state index in [1.807, 2.05) is 6.92 Å². The number of carbonyl (C=O) groups is 1. The van der Waals surface area contributed by atoms with E-state index in [0.717, 1.165) is 51.9 Å². The van der Waals surface area contributed by atoms with Crippen molar-refractivity contribution >= 4 is 5.97 Å². The summed E-state index contributed by atoms with van der Waals surface area (Å²) < 4.78 is 47.4. The predicted octanol–water partition coefficient (Wildman–Crippen LogP) is 7.84. The minimum atomic E-state index is -4.59. The number of rotatable bonds is 10. The Balaban J connectivity index is 1.84. The van der Waals surface area contributed by atoms with Gasteiger partial charge in [-0.2, -0.15) is 13.2 Å². The number of hydrogen-bond donors (Lipinski definition) is 0. The molecule has 0 saturated heterocycles. The summed E-state index contributed by atoms with van der Waals surface area (Å²) >= 11 is 0. The molecule has 2 nitrogen and oxygen atoms in total. The summed E-state index contributed by atoms with van der Waals surface area (Å²) in [5.41, 5.74) is -3.37. The topological polar surface area (TPSA) is 26.3 Å². The van der Waals surface area contributed by atoms with E-state index in [4.69, 9.17) is 4.74 Å². The second-order valence-corrected chi connectivity index (χ2v) is 11.2. The summed E-state index contributed by atoms with van der Waals surface area (Å²) in [7, 11) is 0. The summed E-state index contributed by atoms with van der Waals surface area (Å²) in [6, 6.07) is 0. The Morgan fingerprint density at radius 2 is 1.40 bits per heavy atom. The molecule has 0 N–H and O–H groups in total. The van der Waals surface area contributed by atoms with Crippen LogP contribution in [-0.2, 0) is 9.53 Å². The molecule has 2 unspecified atom stereocenters. The van der Waals surface area contributed by atoms with Crippen molar-refractivity contribution in [3.8, 4) is 0 Å². The summed E-state index contributed by atoms with van der Waals surface area (Å²) in [4.78, 5) is 13.0. The second-order valence-electron chi connectivity index (χ2n) is 11.2. The number of carbonyl (C=O) groups excluding carboxylic acids is 1. The Bertz CT molecular complexity index is 579. The summed E-state index contributed by atoms with van der Waals surface area (Å²) in [6.07, 6.45) is 8.08. The Morgan fingerprint density at radius 1 is 0.900 bits per heavy atom. The first-order valence-corrected chi connectivity index (χ1v) is 12.3. The van der Waals surface area contributed by atoms with Gasteiger partial charge in [-0.25, -0.2) is 0 Å². The maximum absolute atomic E-state index is 13.8. The number of unbranched alkanes of at least 4 members (excludes halogenated alkanes) is 4. The maximum Gasteiger partial charge on any atom is 0.404 e. The summed E-state index contributed by atoms with van der Waals surface area (Å²) in [5.74, 6) is 0.919. The van der Waals surface area contributed by atoms with Gasteiger partial charge in [-0.1, -0.05) is 39.5 Å². The van der Waals surface area contributed by atoms with E-state index < -0.39 is 23.2 Å². The third kappa shape index (κ3) is 4.28. The van der Waals surface area contributed by atoms with Crippen molar-refractivity contribution in [3.63, 3.8) is 0 Å². The molecule has 2 atom stereocenters. The highest BCUT2D eigenvalue weighted by molar-refractivity contribution is 5.78. The van der Waals surface area contributed by atoms with Gasteiger partial charge in [-0.15, -0.1) is 0 Å². The minimum absolute atomic E-state index is 0.136. The van der Waals surface area contributed by atoms with Crippen LogP contribution >= 0.6 is 0 Å². The lowest BCUT2D eigenvalue weighted by Crippen LogP contribution is -2.60. The van der Waals surface area contributed by atoms with Gasteiger partial charge in [0.1, 0.15) is 5.60 Å². The van der Waals surface area contributed by atoms with Gasteiger partial charge in [0.05, 0.1) is 0 Å². The zero-order valence-corrected chi connectivity index (χ0v) is 19.4. The molecule has 30 heavy (non-hydrogen) atoms. The first-order valence-electron chi connectivity index (χ1n) is 12.3. The molecule has 0 heterocycles. The first-order chi connectivity index (χ1) is 14.0. The van der Waals surface area contributed by atoms with Gasteiger partial charge in [-0.05, 0) is 89.4 Å². The average Bonchev–Trinajstić information content (AvgIpc) is 2.65. The van der Waals surface area contributed by atoms with Crippen LogP contribution in [0.1, 0.15) is 111 Å². The number of ether oxygens (including phenoxy) is 1. The molecule has 0 aromatic rings. The standard InChI is InChI=1S/C25H41F3O2/c1-5-7-8-9-10-11-23(4,30-21(29)22(3,6-2)25(26,27)28)24-15-18-12-19(16-24)14-20(13-18)17-24/h18-20H,5-17H2,1-4H3. The molecular formula is C25H41F3O2. The van der Waals surface area contributed by atoms with E-state index in [2.05, 4.69) is 6.92 Å². The largest absolute Gasteiger partial charge is 0.458 e. The fourth-order valence-corrected chi connectivity index (χ4v) is 7.03. The molecule has 4 saturated carbocycles. The predicted molar refractivity (Wildman–Crippen MR) is 113 cm³/mol. The molecule has 0 aliphatic heterocycles. The van der Waals surface area contributed by atoms with Gasteiger partial charge in [0.25, 0.3) is 0 Å². The van der Waals surface area contributed by atoms with Crippen molar-refractivity contribution in [1.82, 2.24) is 0 Å². The molecule has 4 fully saturated rings. The van der Waals surface area contributed by atoms with Gasteiger partial charge in [-0.3, -0.25) is 4.79 Å². The highest BCUT2D eigenvalue weighted by atomic mass is 19.4. The van der Waals surface area contributed by atoms with Crippen LogP contribution in [0.15, 0.2) is 0 Å². The van der Waals surface area contributed by atoms with E-state index in [-0.39, 0.29) is 11.8 Å². The fraction of sp³-hybridized carbons (Fsp3) is 0.960. The number of esters is 1. The third-order valence-electron chi connectivity index (χ3n) is 9.02. The molecule has 174 valence electrons. The lowest BCUT2D eigenvalue weighted by molar-refractivity contribution is -0.253. The van der Waals surface area contributed by atoms with Crippen molar-refractivity contribution < 1.29 is 22.7 Å². The van der Waals surface area contributed by atoms with Crippen molar-refractivity contribution in [2.45, 2.75) is 123 Å². The molecule has 4 rings (SSSR count). The highest BCUT2D eigenvalue weighted by Gasteiger charge is 2.63. The normalized spacial score (nSPS) is 34.4.